The third kappa shape index (κ3) is 5.15. The lowest BCUT2D eigenvalue weighted by atomic mass is 10.2. The van der Waals surface area contributed by atoms with Crippen LogP contribution >= 0.6 is 11.8 Å². The molecule has 1 N–H and O–H groups in total. The zero-order valence-corrected chi connectivity index (χ0v) is 15.4. The van der Waals surface area contributed by atoms with Crippen LogP contribution in [0.25, 0.3) is 0 Å². The van der Waals surface area contributed by atoms with Gasteiger partial charge in [-0.1, -0.05) is 18.2 Å². The summed E-state index contributed by atoms with van der Waals surface area (Å²) in [5, 5.41) is 3.52. The second kappa shape index (κ2) is 9.33. The molecule has 1 aromatic rings. The Morgan fingerprint density at radius 3 is 2.96 bits per heavy atom. The van der Waals surface area contributed by atoms with E-state index in [0.29, 0.717) is 6.10 Å². The van der Waals surface area contributed by atoms with Crippen molar-refractivity contribution in [3.05, 3.63) is 30.3 Å². The van der Waals surface area contributed by atoms with Crippen molar-refractivity contribution in [3.8, 4) is 0 Å². The molecule has 2 fully saturated rings. The highest BCUT2D eigenvalue weighted by Gasteiger charge is 2.25. The van der Waals surface area contributed by atoms with Crippen molar-refractivity contribution in [3.63, 3.8) is 0 Å². The predicted octanol–water partition coefficient (Wildman–Crippen LogP) is 3.25. The summed E-state index contributed by atoms with van der Waals surface area (Å²) in [7, 11) is 1.89. The number of benzene rings is 1. The Bertz CT molecular complexity index is 517. The zero-order valence-electron chi connectivity index (χ0n) is 14.6. The van der Waals surface area contributed by atoms with Crippen molar-refractivity contribution in [1.29, 1.82) is 0 Å². The second-order valence-electron chi connectivity index (χ2n) is 6.62. The van der Waals surface area contributed by atoms with Crippen LogP contribution in [0, 0.1) is 5.92 Å². The molecule has 0 aliphatic carbocycles. The molecule has 2 heterocycles. The smallest absolute Gasteiger partial charge is 0.193 e. The van der Waals surface area contributed by atoms with Crippen LogP contribution in [-0.2, 0) is 4.74 Å². The van der Waals surface area contributed by atoms with E-state index in [1.165, 1.54) is 29.9 Å². The van der Waals surface area contributed by atoms with Gasteiger partial charge in [0.15, 0.2) is 5.96 Å². The number of likely N-dealkylation sites (tertiary alicyclic amines) is 1. The van der Waals surface area contributed by atoms with E-state index in [4.69, 9.17) is 4.74 Å². The number of aliphatic imine (C=N–C) groups is 1. The van der Waals surface area contributed by atoms with Crippen LogP contribution in [0.5, 0.6) is 0 Å². The summed E-state index contributed by atoms with van der Waals surface area (Å²) >= 11 is 1.97. The molecule has 24 heavy (non-hydrogen) atoms. The first-order valence-electron chi connectivity index (χ1n) is 9.10. The Labute approximate surface area is 150 Å². The molecule has 2 aliphatic heterocycles. The molecule has 4 nitrogen and oxygen atoms in total. The van der Waals surface area contributed by atoms with Gasteiger partial charge in [-0.05, 0) is 43.7 Å². The van der Waals surface area contributed by atoms with Crippen molar-refractivity contribution in [1.82, 2.24) is 10.2 Å². The van der Waals surface area contributed by atoms with Crippen molar-refractivity contribution in [2.24, 2.45) is 10.9 Å². The third-order valence-electron chi connectivity index (χ3n) is 4.80. The summed E-state index contributed by atoms with van der Waals surface area (Å²) in [6, 6.07) is 10.7. The van der Waals surface area contributed by atoms with E-state index in [-0.39, 0.29) is 0 Å². The molecule has 2 atom stereocenters. The molecule has 2 unspecified atom stereocenters. The Hall–Kier alpha value is -1.20. The minimum Gasteiger partial charge on any atom is -0.378 e. The van der Waals surface area contributed by atoms with Gasteiger partial charge in [0.05, 0.1) is 6.10 Å². The number of ether oxygens (including phenoxy) is 1. The van der Waals surface area contributed by atoms with E-state index in [9.17, 15) is 0 Å². The maximum absolute atomic E-state index is 5.69. The van der Waals surface area contributed by atoms with Crippen LogP contribution in [0.3, 0.4) is 0 Å². The molecule has 2 saturated heterocycles. The summed E-state index contributed by atoms with van der Waals surface area (Å²) in [5.74, 6) is 2.99. The second-order valence-corrected chi connectivity index (χ2v) is 7.72. The van der Waals surface area contributed by atoms with Gasteiger partial charge in [0.1, 0.15) is 0 Å². The fourth-order valence-electron chi connectivity index (χ4n) is 3.44. The van der Waals surface area contributed by atoms with Crippen molar-refractivity contribution < 1.29 is 4.74 Å². The summed E-state index contributed by atoms with van der Waals surface area (Å²) in [6.45, 7) is 4.11. The van der Waals surface area contributed by atoms with Gasteiger partial charge < -0.3 is 15.0 Å². The molecule has 3 rings (SSSR count). The van der Waals surface area contributed by atoms with Gasteiger partial charge in [-0.15, -0.1) is 11.8 Å². The van der Waals surface area contributed by atoms with Crippen LogP contribution in [0.2, 0.25) is 0 Å². The molecule has 2 aliphatic rings. The standard InChI is InChI=1S/C19H29N3OS/c1-20-19(21-11-9-17-6-5-13-23-17)22-12-10-16(14-22)15-24-18-7-3-2-4-8-18/h2-4,7-8,16-17H,5-6,9-15H2,1H3,(H,20,21). The fourth-order valence-corrected chi connectivity index (χ4v) is 4.49. The van der Waals surface area contributed by atoms with Crippen LogP contribution in [0.4, 0.5) is 0 Å². The molecule has 0 bridgehead atoms. The van der Waals surface area contributed by atoms with Crippen LogP contribution in [-0.4, -0.2) is 56.0 Å². The van der Waals surface area contributed by atoms with E-state index in [1.807, 2.05) is 18.8 Å². The van der Waals surface area contributed by atoms with Crippen molar-refractivity contribution in [2.75, 3.05) is 39.0 Å². The van der Waals surface area contributed by atoms with Gasteiger partial charge in [0.25, 0.3) is 0 Å². The SMILES string of the molecule is CN=C(NCCC1CCCO1)N1CCC(CSc2ccccc2)C1. The molecular weight excluding hydrogens is 318 g/mol. The first-order chi connectivity index (χ1) is 11.8. The minimum absolute atomic E-state index is 0.448. The average Bonchev–Trinajstić information content (AvgIpc) is 3.30. The molecule has 132 valence electrons. The van der Waals surface area contributed by atoms with Crippen molar-refractivity contribution in [2.45, 2.75) is 36.7 Å². The molecular formula is C19H29N3OS. The van der Waals surface area contributed by atoms with Gasteiger partial charge >= 0.3 is 0 Å². The van der Waals surface area contributed by atoms with E-state index < -0.39 is 0 Å². The van der Waals surface area contributed by atoms with Crippen LogP contribution < -0.4 is 5.32 Å². The summed E-state index contributed by atoms with van der Waals surface area (Å²) in [5.41, 5.74) is 0. The maximum atomic E-state index is 5.69. The van der Waals surface area contributed by atoms with Gasteiger partial charge in [-0.2, -0.15) is 0 Å². The number of rotatable bonds is 6. The predicted molar refractivity (Wildman–Crippen MR) is 102 cm³/mol. The first-order valence-corrected chi connectivity index (χ1v) is 10.1. The lowest BCUT2D eigenvalue weighted by Gasteiger charge is -2.22. The summed E-state index contributed by atoms with van der Waals surface area (Å²) < 4.78 is 5.69. The highest BCUT2D eigenvalue weighted by atomic mass is 32.2. The van der Waals surface area contributed by atoms with E-state index in [1.54, 1.807) is 0 Å². The van der Waals surface area contributed by atoms with Gasteiger partial charge in [-0.3, -0.25) is 4.99 Å². The number of nitrogens with one attached hydrogen (secondary N) is 1. The first kappa shape index (κ1) is 17.6. The Morgan fingerprint density at radius 1 is 1.33 bits per heavy atom. The molecule has 0 aromatic heterocycles. The average molecular weight is 348 g/mol. The van der Waals surface area contributed by atoms with Gasteiger partial charge in [-0.25, -0.2) is 0 Å². The highest BCUT2D eigenvalue weighted by molar-refractivity contribution is 7.99. The maximum Gasteiger partial charge on any atom is 0.193 e. The molecule has 1 aromatic carbocycles. The van der Waals surface area contributed by atoms with E-state index >= 15 is 0 Å². The van der Waals surface area contributed by atoms with Crippen LogP contribution in [0.15, 0.2) is 40.2 Å². The third-order valence-corrected chi connectivity index (χ3v) is 6.04. The topological polar surface area (TPSA) is 36.9 Å². The molecule has 0 amide bonds. The molecule has 5 heteroatoms. The number of hydrogen-bond donors (Lipinski definition) is 1. The lowest BCUT2D eigenvalue weighted by Crippen LogP contribution is -2.41. The van der Waals surface area contributed by atoms with Crippen LogP contribution in [0.1, 0.15) is 25.7 Å². The largest absolute Gasteiger partial charge is 0.378 e. The highest BCUT2D eigenvalue weighted by Crippen LogP contribution is 2.25. The van der Waals surface area contributed by atoms with E-state index in [0.717, 1.165) is 44.5 Å². The Morgan fingerprint density at radius 2 is 2.21 bits per heavy atom. The normalized spacial score (nSPS) is 24.5. The molecule has 0 spiro atoms. The molecule has 0 saturated carbocycles. The zero-order chi connectivity index (χ0) is 16.6. The summed E-state index contributed by atoms with van der Waals surface area (Å²) in [6.07, 6.45) is 5.21. The van der Waals surface area contributed by atoms with Crippen molar-refractivity contribution >= 4 is 17.7 Å². The fraction of sp³-hybridized carbons (Fsp3) is 0.632. The Balaban J connectivity index is 1.38. The number of nitrogens with zero attached hydrogens (tertiary/aromatic N) is 2. The van der Waals surface area contributed by atoms with E-state index in [2.05, 4.69) is 45.5 Å². The quantitative estimate of drug-likeness (QED) is 0.487. The minimum atomic E-state index is 0.448. The Kier molecular flexibility index (Phi) is 6.85. The molecule has 0 radical (unpaired) electrons. The number of guanidine groups is 1. The summed E-state index contributed by atoms with van der Waals surface area (Å²) in [4.78, 5) is 8.25. The van der Waals surface area contributed by atoms with Gasteiger partial charge in [0.2, 0.25) is 0 Å². The number of hydrogen-bond acceptors (Lipinski definition) is 3. The number of thioether (sulfide) groups is 1. The monoisotopic (exact) mass is 347 g/mol. The van der Waals surface area contributed by atoms with Gasteiger partial charge in [0, 0.05) is 43.9 Å². The lowest BCUT2D eigenvalue weighted by molar-refractivity contribution is 0.105.